The van der Waals surface area contributed by atoms with Gasteiger partial charge in [0.25, 0.3) is 11.1 Å². The predicted molar refractivity (Wildman–Crippen MR) is 119 cm³/mol. The average Bonchev–Trinajstić information content (AvgIpc) is 3.44. The molecule has 1 amide bonds. The maximum atomic E-state index is 12.6. The van der Waals surface area contributed by atoms with Gasteiger partial charge < -0.3 is 9.73 Å². The number of carbonyl (C=O) groups is 1. The van der Waals surface area contributed by atoms with Crippen molar-refractivity contribution in [2.24, 2.45) is 0 Å². The molecule has 4 aromatic rings. The summed E-state index contributed by atoms with van der Waals surface area (Å²) in [4.78, 5) is 37.1. The monoisotopic (exact) mass is 449 g/mol. The van der Waals surface area contributed by atoms with E-state index in [-0.39, 0.29) is 18.6 Å². The number of nitrogens with zero attached hydrogens (tertiary/aromatic N) is 6. The molecule has 170 valence electrons. The number of amides is 1. The van der Waals surface area contributed by atoms with Crippen molar-refractivity contribution in [1.82, 2.24) is 34.7 Å². The Balaban J connectivity index is 1.44. The third-order valence-electron chi connectivity index (χ3n) is 5.05. The Hall–Kier alpha value is -4.28. The first-order valence-corrected chi connectivity index (χ1v) is 10.4. The van der Waals surface area contributed by atoms with Crippen LogP contribution in [0, 0.1) is 13.8 Å². The van der Waals surface area contributed by atoms with Gasteiger partial charge in [0.05, 0.1) is 18.5 Å². The third-order valence-corrected chi connectivity index (χ3v) is 5.05. The summed E-state index contributed by atoms with van der Waals surface area (Å²) in [7, 11) is 0. The van der Waals surface area contributed by atoms with Gasteiger partial charge in [-0.2, -0.15) is 10.2 Å². The highest BCUT2D eigenvalue weighted by molar-refractivity contribution is 5.79. The van der Waals surface area contributed by atoms with Gasteiger partial charge in [0.1, 0.15) is 11.7 Å². The zero-order valence-corrected chi connectivity index (χ0v) is 18.4. The van der Waals surface area contributed by atoms with Crippen LogP contribution in [0.4, 0.5) is 0 Å². The molecule has 4 rings (SSSR count). The third kappa shape index (κ3) is 4.66. The van der Waals surface area contributed by atoms with E-state index in [0.717, 1.165) is 16.1 Å². The summed E-state index contributed by atoms with van der Waals surface area (Å²) in [6.07, 6.45) is 1.50. The number of carbonyl (C=O) groups excluding carboxylic acids is 1. The molecule has 0 aliphatic rings. The Morgan fingerprint density at radius 2 is 1.85 bits per heavy atom. The van der Waals surface area contributed by atoms with E-state index in [1.807, 2.05) is 19.9 Å². The van der Waals surface area contributed by atoms with Crippen molar-refractivity contribution in [1.29, 1.82) is 0 Å². The van der Waals surface area contributed by atoms with Crippen molar-refractivity contribution in [3.05, 3.63) is 80.8 Å². The summed E-state index contributed by atoms with van der Waals surface area (Å²) >= 11 is 0. The molecule has 1 N–H and O–H groups in total. The molecule has 1 atom stereocenters. The van der Waals surface area contributed by atoms with E-state index in [1.54, 1.807) is 29.8 Å². The van der Waals surface area contributed by atoms with Crippen LogP contribution in [0.3, 0.4) is 0 Å². The fourth-order valence-electron chi connectivity index (χ4n) is 3.37. The van der Waals surface area contributed by atoms with Crippen LogP contribution in [-0.4, -0.2) is 41.8 Å². The number of furan rings is 1. The second-order valence-corrected chi connectivity index (χ2v) is 7.54. The van der Waals surface area contributed by atoms with Crippen LogP contribution in [0.5, 0.6) is 0 Å². The number of rotatable bonds is 7. The van der Waals surface area contributed by atoms with Crippen LogP contribution in [-0.2, 0) is 11.3 Å². The van der Waals surface area contributed by atoms with Gasteiger partial charge in [0.2, 0.25) is 5.91 Å². The first-order chi connectivity index (χ1) is 15.8. The van der Waals surface area contributed by atoms with Crippen LogP contribution in [0.25, 0.3) is 17.3 Å². The lowest BCUT2D eigenvalue weighted by Crippen LogP contribution is -2.39. The number of nitrogens with one attached hydrogen (secondary N) is 1. The SMILES string of the molecule is Cc1cc(C)n(-c2ccc(=O)n(CCNC(=O)C(C)n3nc(-c4ccco4)ccc3=O)n2)n1. The summed E-state index contributed by atoms with van der Waals surface area (Å²) < 4.78 is 9.32. The van der Waals surface area contributed by atoms with E-state index in [9.17, 15) is 14.4 Å². The van der Waals surface area contributed by atoms with Gasteiger partial charge in [0, 0.05) is 24.4 Å². The lowest BCUT2D eigenvalue weighted by Gasteiger charge is -2.15. The molecule has 33 heavy (non-hydrogen) atoms. The molecule has 1 unspecified atom stereocenters. The van der Waals surface area contributed by atoms with Gasteiger partial charge in [-0.15, -0.1) is 5.10 Å². The normalized spacial score (nSPS) is 12.0. The highest BCUT2D eigenvalue weighted by atomic mass is 16.3. The molecule has 0 saturated carbocycles. The zero-order chi connectivity index (χ0) is 23.5. The van der Waals surface area contributed by atoms with Crippen molar-refractivity contribution in [2.75, 3.05) is 6.54 Å². The van der Waals surface area contributed by atoms with Crippen LogP contribution in [0.2, 0.25) is 0 Å². The summed E-state index contributed by atoms with van der Waals surface area (Å²) in [6, 6.07) is 10.4. The highest BCUT2D eigenvalue weighted by Gasteiger charge is 2.18. The van der Waals surface area contributed by atoms with E-state index < -0.39 is 17.5 Å². The zero-order valence-electron chi connectivity index (χ0n) is 18.4. The van der Waals surface area contributed by atoms with Gasteiger partial charge in [-0.3, -0.25) is 14.4 Å². The molecule has 0 radical (unpaired) electrons. The average molecular weight is 449 g/mol. The Morgan fingerprint density at radius 1 is 1.06 bits per heavy atom. The second kappa shape index (κ2) is 9.07. The number of hydrogen-bond acceptors (Lipinski definition) is 7. The minimum atomic E-state index is -0.863. The molecule has 0 aliphatic carbocycles. The topological polar surface area (TPSA) is 130 Å². The number of aromatic nitrogens is 6. The molecule has 4 aromatic heterocycles. The Morgan fingerprint density at radius 3 is 2.55 bits per heavy atom. The minimum Gasteiger partial charge on any atom is -0.463 e. The van der Waals surface area contributed by atoms with Gasteiger partial charge in [-0.25, -0.2) is 14.0 Å². The van der Waals surface area contributed by atoms with Gasteiger partial charge in [-0.05, 0) is 51.1 Å². The maximum absolute atomic E-state index is 12.6. The van der Waals surface area contributed by atoms with Crippen molar-refractivity contribution in [2.45, 2.75) is 33.4 Å². The molecule has 0 spiro atoms. The summed E-state index contributed by atoms with van der Waals surface area (Å²) in [5.41, 5.74) is 1.46. The smallest absolute Gasteiger partial charge is 0.267 e. The van der Waals surface area contributed by atoms with Crippen molar-refractivity contribution >= 4 is 5.91 Å². The molecular weight excluding hydrogens is 426 g/mol. The predicted octanol–water partition coefficient (Wildman–Crippen LogP) is 1.24. The quantitative estimate of drug-likeness (QED) is 0.449. The summed E-state index contributed by atoms with van der Waals surface area (Å²) in [6.45, 7) is 5.64. The maximum Gasteiger partial charge on any atom is 0.267 e. The summed E-state index contributed by atoms with van der Waals surface area (Å²) in [5.74, 6) is 0.582. The van der Waals surface area contributed by atoms with E-state index in [0.29, 0.717) is 17.3 Å². The molecule has 0 bridgehead atoms. The molecule has 0 fully saturated rings. The summed E-state index contributed by atoms with van der Waals surface area (Å²) in [5, 5.41) is 15.7. The molecule has 0 aromatic carbocycles. The standard InChI is InChI=1S/C22H23N7O4/c1-14-13-15(2)28(24-14)19-7-9-20(30)27(26-19)11-10-23-22(32)16(3)29-21(31)8-6-17(25-29)18-5-4-12-33-18/h4-9,12-13,16H,10-11H2,1-3H3,(H,23,32). The second-order valence-electron chi connectivity index (χ2n) is 7.54. The van der Waals surface area contributed by atoms with E-state index >= 15 is 0 Å². The van der Waals surface area contributed by atoms with Gasteiger partial charge in [-0.1, -0.05) is 0 Å². The number of aryl methyl sites for hydroxylation is 2. The van der Waals surface area contributed by atoms with Crippen LogP contribution in [0.1, 0.15) is 24.4 Å². The van der Waals surface area contributed by atoms with Crippen LogP contribution < -0.4 is 16.4 Å². The van der Waals surface area contributed by atoms with E-state index in [2.05, 4.69) is 20.6 Å². The Bertz CT molecular complexity index is 1400. The molecule has 11 heteroatoms. The highest BCUT2D eigenvalue weighted by Crippen LogP contribution is 2.16. The largest absolute Gasteiger partial charge is 0.463 e. The van der Waals surface area contributed by atoms with Gasteiger partial charge in [0.15, 0.2) is 11.6 Å². The first kappa shape index (κ1) is 21.9. The van der Waals surface area contributed by atoms with Crippen molar-refractivity contribution < 1.29 is 9.21 Å². The molecule has 0 saturated heterocycles. The molecule has 11 nitrogen and oxygen atoms in total. The van der Waals surface area contributed by atoms with Crippen LogP contribution in [0.15, 0.2) is 62.7 Å². The molecule has 4 heterocycles. The lowest BCUT2D eigenvalue weighted by molar-refractivity contribution is -0.124. The lowest BCUT2D eigenvalue weighted by atomic mass is 10.3. The van der Waals surface area contributed by atoms with Crippen molar-refractivity contribution in [3.63, 3.8) is 0 Å². The van der Waals surface area contributed by atoms with Gasteiger partial charge >= 0.3 is 0 Å². The molecule has 0 aliphatic heterocycles. The Kier molecular flexibility index (Phi) is 6.03. The number of hydrogen-bond donors (Lipinski definition) is 1. The van der Waals surface area contributed by atoms with E-state index in [4.69, 9.17) is 4.42 Å². The minimum absolute atomic E-state index is 0.142. The fraction of sp³-hybridized carbons (Fsp3) is 0.273. The Labute approximate surface area is 188 Å². The van der Waals surface area contributed by atoms with E-state index in [1.165, 1.54) is 29.1 Å². The molecular formula is C22H23N7O4. The first-order valence-electron chi connectivity index (χ1n) is 10.4. The van der Waals surface area contributed by atoms with Crippen molar-refractivity contribution in [3.8, 4) is 17.3 Å². The fourth-order valence-corrected chi connectivity index (χ4v) is 3.37. The van der Waals surface area contributed by atoms with Crippen LogP contribution >= 0.6 is 0 Å².